The van der Waals surface area contributed by atoms with E-state index < -0.39 is 0 Å². The fourth-order valence-electron chi connectivity index (χ4n) is 2.21. The minimum Gasteiger partial charge on any atom is -0.508 e. The van der Waals surface area contributed by atoms with E-state index in [0.29, 0.717) is 11.1 Å². The Morgan fingerprint density at radius 2 is 1.00 bits per heavy atom. The average Bonchev–Trinajstić information content (AvgIpc) is 2.62. The van der Waals surface area contributed by atoms with Gasteiger partial charge in [0.2, 0.25) is 11.6 Å². The molecule has 5 heteroatoms. The summed E-state index contributed by atoms with van der Waals surface area (Å²) in [5.74, 6) is -0.544. The van der Waals surface area contributed by atoms with Crippen molar-refractivity contribution in [3.63, 3.8) is 0 Å². The van der Waals surface area contributed by atoms with Gasteiger partial charge in [0.1, 0.15) is 22.9 Å². The molecular weight excluding hydrogens is 306 g/mol. The quantitative estimate of drug-likeness (QED) is 0.722. The van der Waals surface area contributed by atoms with E-state index in [1.54, 1.807) is 6.07 Å². The van der Waals surface area contributed by atoms with Crippen LogP contribution >= 0.6 is 0 Å². The lowest BCUT2D eigenvalue weighted by Gasteiger charge is -2.04. The highest BCUT2D eigenvalue weighted by molar-refractivity contribution is 6.10. The summed E-state index contributed by atoms with van der Waals surface area (Å²) in [4.78, 5) is 29.0. The minimum atomic E-state index is -0.338. The van der Waals surface area contributed by atoms with Gasteiger partial charge in [-0.05, 0) is 60.7 Å². The zero-order valence-electron chi connectivity index (χ0n) is 12.5. The number of aromatic nitrogens is 1. The third kappa shape index (κ3) is 3.15. The van der Waals surface area contributed by atoms with Gasteiger partial charge in [-0.15, -0.1) is 0 Å². The summed E-state index contributed by atoms with van der Waals surface area (Å²) < 4.78 is 0. The molecule has 0 bridgehead atoms. The van der Waals surface area contributed by atoms with Crippen molar-refractivity contribution < 1.29 is 19.8 Å². The van der Waals surface area contributed by atoms with Crippen LogP contribution in [0.15, 0.2) is 66.7 Å². The van der Waals surface area contributed by atoms with E-state index in [0.717, 1.165) is 0 Å². The lowest BCUT2D eigenvalue weighted by Crippen LogP contribution is -2.09. The fourth-order valence-corrected chi connectivity index (χ4v) is 2.21. The van der Waals surface area contributed by atoms with Crippen molar-refractivity contribution in [3.05, 3.63) is 89.2 Å². The number of pyridine rings is 1. The van der Waals surface area contributed by atoms with Crippen LogP contribution in [0.5, 0.6) is 11.5 Å². The molecule has 0 radical (unpaired) electrons. The molecule has 0 aliphatic heterocycles. The Bertz CT molecular complexity index is 827. The molecule has 3 rings (SSSR count). The van der Waals surface area contributed by atoms with E-state index in [1.165, 1.54) is 60.7 Å². The van der Waals surface area contributed by atoms with Crippen molar-refractivity contribution in [3.8, 4) is 11.5 Å². The van der Waals surface area contributed by atoms with Gasteiger partial charge in [-0.1, -0.05) is 6.07 Å². The van der Waals surface area contributed by atoms with Crippen molar-refractivity contribution in [1.29, 1.82) is 0 Å². The summed E-state index contributed by atoms with van der Waals surface area (Å²) in [6.07, 6.45) is 0. The first kappa shape index (κ1) is 15.4. The lowest BCUT2D eigenvalue weighted by molar-refractivity contribution is 0.103. The molecule has 0 saturated heterocycles. The third-order valence-electron chi connectivity index (χ3n) is 3.47. The maximum atomic E-state index is 12.4. The highest BCUT2D eigenvalue weighted by Gasteiger charge is 2.15. The third-order valence-corrected chi connectivity index (χ3v) is 3.47. The normalized spacial score (nSPS) is 10.3. The van der Waals surface area contributed by atoms with Crippen molar-refractivity contribution in [2.24, 2.45) is 0 Å². The molecule has 0 aliphatic carbocycles. The zero-order valence-corrected chi connectivity index (χ0v) is 12.5. The molecule has 2 N–H and O–H groups in total. The van der Waals surface area contributed by atoms with Crippen LogP contribution in [0.2, 0.25) is 0 Å². The van der Waals surface area contributed by atoms with Crippen molar-refractivity contribution in [2.45, 2.75) is 0 Å². The number of aromatic hydroxyl groups is 2. The molecule has 0 unspecified atom stereocenters. The van der Waals surface area contributed by atoms with E-state index in [9.17, 15) is 19.8 Å². The maximum absolute atomic E-state index is 12.4. The summed E-state index contributed by atoms with van der Waals surface area (Å²) in [5.41, 5.74) is 1.03. The second-order valence-corrected chi connectivity index (χ2v) is 5.16. The molecule has 0 amide bonds. The number of carbonyl (C=O) groups excluding carboxylic acids is 2. The molecule has 0 saturated carbocycles. The average molecular weight is 319 g/mol. The van der Waals surface area contributed by atoms with Gasteiger partial charge in [-0.3, -0.25) is 9.59 Å². The van der Waals surface area contributed by atoms with Gasteiger partial charge in [0.25, 0.3) is 0 Å². The number of carbonyl (C=O) groups is 2. The summed E-state index contributed by atoms with van der Waals surface area (Å²) >= 11 is 0. The van der Waals surface area contributed by atoms with Crippen LogP contribution in [-0.4, -0.2) is 26.8 Å². The smallest absolute Gasteiger partial charge is 0.211 e. The van der Waals surface area contributed by atoms with Crippen LogP contribution in [-0.2, 0) is 0 Å². The van der Waals surface area contributed by atoms with Crippen LogP contribution in [0.4, 0.5) is 0 Å². The van der Waals surface area contributed by atoms with Crippen LogP contribution in [0, 0.1) is 0 Å². The number of rotatable bonds is 4. The molecule has 5 nitrogen and oxygen atoms in total. The number of phenolic OH excluding ortho intramolecular Hbond substituents is 2. The number of nitrogens with zero attached hydrogens (tertiary/aromatic N) is 1. The highest BCUT2D eigenvalue weighted by Crippen LogP contribution is 2.16. The van der Waals surface area contributed by atoms with Gasteiger partial charge in [-0.25, -0.2) is 4.98 Å². The Balaban J connectivity index is 1.91. The van der Waals surface area contributed by atoms with E-state index in [2.05, 4.69) is 4.98 Å². The molecule has 118 valence electrons. The largest absolute Gasteiger partial charge is 0.508 e. The molecule has 0 atom stereocenters. The fraction of sp³-hybridized carbons (Fsp3) is 0. The number of ketones is 2. The Morgan fingerprint density at radius 3 is 1.38 bits per heavy atom. The first-order valence-corrected chi connectivity index (χ1v) is 7.19. The van der Waals surface area contributed by atoms with Crippen LogP contribution in [0.25, 0.3) is 0 Å². The van der Waals surface area contributed by atoms with E-state index in [1.807, 2.05) is 0 Å². The standard InChI is InChI=1S/C19H13NO4/c21-14-8-4-12(5-9-14)18(23)16-2-1-3-17(20-16)19(24)13-6-10-15(22)11-7-13/h1-11,21-22H. The van der Waals surface area contributed by atoms with Gasteiger partial charge in [-0.2, -0.15) is 0 Å². The molecule has 1 aromatic heterocycles. The Labute approximate surface area is 137 Å². The van der Waals surface area contributed by atoms with Crippen LogP contribution < -0.4 is 0 Å². The number of phenols is 2. The molecule has 0 spiro atoms. The first-order valence-electron chi connectivity index (χ1n) is 7.19. The van der Waals surface area contributed by atoms with Crippen molar-refractivity contribution >= 4 is 11.6 Å². The predicted octanol–water partition coefficient (Wildman–Crippen LogP) is 2.95. The summed E-state index contributed by atoms with van der Waals surface area (Å²) in [6.45, 7) is 0. The molecule has 3 aromatic rings. The predicted molar refractivity (Wildman–Crippen MR) is 87.3 cm³/mol. The van der Waals surface area contributed by atoms with Gasteiger partial charge in [0.15, 0.2) is 0 Å². The molecule has 1 heterocycles. The zero-order chi connectivity index (χ0) is 17.1. The number of hydrogen-bond donors (Lipinski definition) is 2. The van der Waals surface area contributed by atoms with Gasteiger partial charge >= 0.3 is 0 Å². The van der Waals surface area contributed by atoms with Crippen LogP contribution in [0.1, 0.15) is 32.1 Å². The van der Waals surface area contributed by atoms with E-state index in [-0.39, 0.29) is 34.5 Å². The highest BCUT2D eigenvalue weighted by atomic mass is 16.3. The molecule has 24 heavy (non-hydrogen) atoms. The van der Waals surface area contributed by atoms with Crippen LogP contribution in [0.3, 0.4) is 0 Å². The van der Waals surface area contributed by atoms with Gasteiger partial charge in [0, 0.05) is 11.1 Å². The summed E-state index contributed by atoms with van der Waals surface area (Å²) in [6, 6.07) is 16.3. The Morgan fingerprint density at radius 1 is 0.625 bits per heavy atom. The van der Waals surface area contributed by atoms with Crippen molar-refractivity contribution in [1.82, 2.24) is 4.98 Å². The first-order chi connectivity index (χ1) is 11.5. The van der Waals surface area contributed by atoms with Gasteiger partial charge in [0.05, 0.1) is 0 Å². The Hall–Kier alpha value is -3.47. The SMILES string of the molecule is O=C(c1ccc(O)cc1)c1cccc(C(=O)c2ccc(O)cc2)n1. The molecular formula is C19H13NO4. The van der Waals surface area contributed by atoms with Crippen molar-refractivity contribution in [2.75, 3.05) is 0 Å². The maximum Gasteiger partial charge on any atom is 0.211 e. The van der Waals surface area contributed by atoms with E-state index in [4.69, 9.17) is 0 Å². The Kier molecular flexibility index (Phi) is 4.07. The van der Waals surface area contributed by atoms with Gasteiger partial charge < -0.3 is 10.2 Å². The second-order valence-electron chi connectivity index (χ2n) is 5.16. The second kappa shape index (κ2) is 6.34. The monoisotopic (exact) mass is 319 g/mol. The van der Waals surface area contributed by atoms with E-state index >= 15 is 0 Å². The lowest BCUT2D eigenvalue weighted by atomic mass is 10.0. The summed E-state index contributed by atoms with van der Waals surface area (Å²) in [7, 11) is 0. The summed E-state index contributed by atoms with van der Waals surface area (Å²) in [5, 5.41) is 18.6. The topological polar surface area (TPSA) is 87.5 Å². The molecule has 0 aliphatic rings. The molecule has 2 aromatic carbocycles. The number of hydrogen-bond acceptors (Lipinski definition) is 5. The number of benzene rings is 2. The molecule has 0 fully saturated rings. The minimum absolute atomic E-state index is 0.0655.